The quantitative estimate of drug-likeness (QED) is 0.452. The Labute approximate surface area is 230 Å². The second-order valence-electron chi connectivity index (χ2n) is 10.5. The summed E-state index contributed by atoms with van der Waals surface area (Å²) in [4.78, 5) is 27.8. The number of ketones is 1. The van der Waals surface area contributed by atoms with Crippen molar-refractivity contribution in [3.8, 4) is 17.2 Å². The molecule has 0 aromatic heterocycles. The lowest BCUT2D eigenvalue weighted by Gasteiger charge is -2.40. The minimum atomic E-state index is -0.571. The number of fused-ring (bicyclic) bond motifs is 1. The Kier molecular flexibility index (Phi) is 7.96. The van der Waals surface area contributed by atoms with E-state index in [1.807, 2.05) is 49.4 Å². The van der Waals surface area contributed by atoms with Gasteiger partial charge in [0.2, 0.25) is 0 Å². The molecule has 1 heterocycles. The molecule has 39 heavy (non-hydrogen) atoms. The van der Waals surface area contributed by atoms with Crippen molar-refractivity contribution in [3.63, 3.8) is 0 Å². The average molecular weight is 532 g/mol. The smallest absolute Gasteiger partial charge is 0.336 e. The molecule has 7 heteroatoms. The molecular weight excluding hydrogens is 494 g/mol. The van der Waals surface area contributed by atoms with Crippen LogP contribution in [0.3, 0.4) is 0 Å². The first kappa shape index (κ1) is 26.9. The van der Waals surface area contributed by atoms with Crippen LogP contribution in [0.5, 0.6) is 17.2 Å². The lowest BCUT2D eigenvalue weighted by Crippen LogP contribution is -2.42. The fourth-order valence-corrected chi connectivity index (χ4v) is 6.30. The average Bonchev–Trinajstić information content (AvgIpc) is 2.96. The number of rotatable bonds is 7. The fraction of sp³-hybridized carbons (Fsp3) is 0.438. The molecule has 206 valence electrons. The van der Waals surface area contributed by atoms with Crippen LogP contribution in [0.4, 0.5) is 0 Å². The van der Waals surface area contributed by atoms with E-state index < -0.39 is 11.8 Å². The number of methoxy groups -OCH3 is 3. The van der Waals surface area contributed by atoms with E-state index in [9.17, 15) is 9.59 Å². The third-order valence-corrected chi connectivity index (χ3v) is 8.22. The highest BCUT2D eigenvalue weighted by atomic mass is 16.5. The Hall–Kier alpha value is -3.74. The first-order valence-electron chi connectivity index (χ1n) is 13.7. The molecule has 0 bridgehead atoms. The minimum Gasteiger partial charge on any atom is -0.497 e. The number of Topliss-reactive ketones (excluding diaryl/α,β-unsaturated/α-hetero) is 1. The summed E-state index contributed by atoms with van der Waals surface area (Å²) in [7, 11) is 4.80. The lowest BCUT2D eigenvalue weighted by molar-refractivity contribution is -0.146. The zero-order chi connectivity index (χ0) is 27.5. The second-order valence-corrected chi connectivity index (χ2v) is 10.5. The summed E-state index contributed by atoms with van der Waals surface area (Å²) in [6, 6.07) is 13.4. The van der Waals surface area contributed by atoms with Gasteiger partial charge in [-0.05, 0) is 56.4 Å². The van der Waals surface area contributed by atoms with E-state index in [0.717, 1.165) is 48.3 Å². The molecule has 0 amide bonds. The van der Waals surface area contributed by atoms with Crippen LogP contribution in [0.2, 0.25) is 0 Å². The number of benzene rings is 2. The van der Waals surface area contributed by atoms with Crippen molar-refractivity contribution in [3.05, 3.63) is 76.6 Å². The van der Waals surface area contributed by atoms with E-state index >= 15 is 0 Å². The molecule has 2 aromatic carbocycles. The Morgan fingerprint density at radius 3 is 2.31 bits per heavy atom. The maximum absolute atomic E-state index is 14.0. The number of carbonyl (C=O) groups is 2. The van der Waals surface area contributed by atoms with Gasteiger partial charge in [0.1, 0.15) is 17.6 Å². The third-order valence-electron chi connectivity index (χ3n) is 8.22. The van der Waals surface area contributed by atoms with Gasteiger partial charge in [0.15, 0.2) is 11.5 Å². The number of para-hydroxylation sites is 1. The van der Waals surface area contributed by atoms with Crippen LogP contribution in [0, 0.1) is 5.92 Å². The van der Waals surface area contributed by atoms with Crippen LogP contribution in [0.15, 0.2) is 65.5 Å². The molecule has 3 atom stereocenters. The molecule has 1 saturated carbocycles. The Bertz CT molecular complexity index is 1290. The van der Waals surface area contributed by atoms with Gasteiger partial charge in [-0.2, -0.15) is 0 Å². The zero-order valence-corrected chi connectivity index (χ0v) is 23.1. The molecular formula is C32H37NO6. The number of hydrogen-bond donors (Lipinski definition) is 1. The predicted octanol–water partition coefficient (Wildman–Crippen LogP) is 5.81. The SMILES string of the molecule is COc1ccc(C2C=C3NC(C)=C(C(=O)OC4CCCCC4)C(c4cccc(OC)c4OC)C3C(=O)C2)cc1. The molecule has 0 spiro atoms. The van der Waals surface area contributed by atoms with Gasteiger partial charge >= 0.3 is 5.97 Å². The minimum absolute atomic E-state index is 0.0613. The zero-order valence-electron chi connectivity index (χ0n) is 23.1. The maximum atomic E-state index is 14.0. The normalized spacial score (nSPS) is 23.3. The van der Waals surface area contributed by atoms with Crippen molar-refractivity contribution in [2.24, 2.45) is 5.92 Å². The van der Waals surface area contributed by atoms with Gasteiger partial charge in [0, 0.05) is 35.2 Å². The molecule has 3 unspecified atom stereocenters. The summed E-state index contributed by atoms with van der Waals surface area (Å²) in [5, 5.41) is 3.43. The topological polar surface area (TPSA) is 83.1 Å². The number of carbonyl (C=O) groups excluding carboxylic acids is 2. The fourth-order valence-electron chi connectivity index (χ4n) is 6.30. The highest BCUT2D eigenvalue weighted by molar-refractivity contribution is 5.97. The molecule has 0 saturated heterocycles. The van der Waals surface area contributed by atoms with E-state index in [0.29, 0.717) is 29.2 Å². The maximum Gasteiger partial charge on any atom is 0.336 e. The first-order chi connectivity index (χ1) is 18.9. The molecule has 2 aromatic rings. The van der Waals surface area contributed by atoms with Gasteiger partial charge in [-0.15, -0.1) is 0 Å². The Morgan fingerprint density at radius 1 is 0.897 bits per heavy atom. The monoisotopic (exact) mass is 531 g/mol. The molecule has 2 aliphatic carbocycles. The van der Waals surface area contributed by atoms with E-state index in [1.165, 1.54) is 6.42 Å². The number of hydrogen-bond acceptors (Lipinski definition) is 7. The summed E-state index contributed by atoms with van der Waals surface area (Å²) in [6.07, 6.45) is 7.38. The van der Waals surface area contributed by atoms with Crippen molar-refractivity contribution >= 4 is 11.8 Å². The van der Waals surface area contributed by atoms with Crippen molar-refractivity contribution in [1.29, 1.82) is 0 Å². The van der Waals surface area contributed by atoms with E-state index in [2.05, 4.69) is 11.4 Å². The van der Waals surface area contributed by atoms with Gasteiger partial charge in [0.25, 0.3) is 0 Å². The van der Waals surface area contributed by atoms with E-state index in [4.69, 9.17) is 18.9 Å². The van der Waals surface area contributed by atoms with Crippen LogP contribution in [-0.4, -0.2) is 39.2 Å². The standard InChI is InChI=1S/C32H37NO6/c1-19-28(32(35)39-23-9-6-5-7-10-23)29(24-11-8-12-27(37-3)31(24)38-4)30-25(33-19)17-21(18-26(30)34)20-13-15-22(36-2)16-14-20/h8,11-17,21,23,29-30,33H,5-7,9-10,18H2,1-4H3. The first-order valence-corrected chi connectivity index (χ1v) is 13.7. The predicted molar refractivity (Wildman–Crippen MR) is 148 cm³/mol. The van der Waals surface area contributed by atoms with Gasteiger partial charge in [-0.1, -0.05) is 36.8 Å². The van der Waals surface area contributed by atoms with Crippen molar-refractivity contribution in [2.45, 2.75) is 63.4 Å². The third kappa shape index (κ3) is 5.27. The van der Waals surface area contributed by atoms with Gasteiger partial charge in [0.05, 0.1) is 32.8 Å². The summed E-state index contributed by atoms with van der Waals surface area (Å²) in [5.41, 5.74) is 3.74. The number of ether oxygens (including phenoxy) is 4. The molecule has 5 rings (SSSR count). The van der Waals surface area contributed by atoms with Crippen molar-refractivity contribution < 1.29 is 28.5 Å². The van der Waals surface area contributed by atoms with Gasteiger partial charge in [-0.25, -0.2) is 4.79 Å². The molecule has 1 N–H and O–H groups in total. The van der Waals surface area contributed by atoms with Crippen molar-refractivity contribution in [2.75, 3.05) is 21.3 Å². The van der Waals surface area contributed by atoms with Gasteiger partial charge in [-0.3, -0.25) is 4.79 Å². The largest absolute Gasteiger partial charge is 0.497 e. The molecule has 0 radical (unpaired) electrons. The van der Waals surface area contributed by atoms with Crippen LogP contribution < -0.4 is 19.5 Å². The van der Waals surface area contributed by atoms with E-state index in [-0.39, 0.29) is 23.8 Å². The van der Waals surface area contributed by atoms with Gasteiger partial charge < -0.3 is 24.3 Å². The number of nitrogens with one attached hydrogen (secondary N) is 1. The summed E-state index contributed by atoms with van der Waals surface area (Å²) in [5.74, 6) is 0.312. The highest BCUT2D eigenvalue weighted by Gasteiger charge is 2.46. The highest BCUT2D eigenvalue weighted by Crippen LogP contribution is 2.50. The molecule has 1 aliphatic heterocycles. The summed E-state index contributed by atoms with van der Waals surface area (Å²) in [6.45, 7) is 1.88. The van der Waals surface area contributed by atoms with Crippen LogP contribution in [-0.2, 0) is 14.3 Å². The van der Waals surface area contributed by atoms with Crippen LogP contribution in [0.1, 0.15) is 68.4 Å². The van der Waals surface area contributed by atoms with E-state index in [1.54, 1.807) is 21.3 Å². The lowest BCUT2D eigenvalue weighted by atomic mass is 9.68. The Balaban J connectivity index is 1.59. The number of esters is 1. The summed E-state index contributed by atoms with van der Waals surface area (Å²) >= 11 is 0. The van der Waals surface area contributed by atoms with Crippen LogP contribution in [0.25, 0.3) is 0 Å². The Morgan fingerprint density at radius 2 is 1.64 bits per heavy atom. The molecule has 3 aliphatic rings. The number of allylic oxidation sites excluding steroid dienone is 3. The van der Waals surface area contributed by atoms with Crippen molar-refractivity contribution in [1.82, 2.24) is 5.32 Å². The van der Waals surface area contributed by atoms with Crippen LogP contribution >= 0.6 is 0 Å². The summed E-state index contributed by atoms with van der Waals surface area (Å²) < 4.78 is 22.7. The molecule has 1 fully saturated rings. The second kappa shape index (κ2) is 11.6. The molecule has 7 nitrogen and oxygen atoms in total.